The Kier molecular flexibility index (Phi) is 6.11. The summed E-state index contributed by atoms with van der Waals surface area (Å²) < 4.78 is 7.07. The maximum atomic E-state index is 12.9. The number of rotatable bonds is 8. The zero-order valence-corrected chi connectivity index (χ0v) is 16.1. The first-order chi connectivity index (χ1) is 14.3. The molecule has 0 aliphatic carbocycles. The minimum atomic E-state index is -0.221. The van der Waals surface area contributed by atoms with Gasteiger partial charge in [0.1, 0.15) is 12.1 Å². The van der Waals surface area contributed by atoms with Crippen LogP contribution in [-0.2, 0) is 11.2 Å². The SMILES string of the molecule is O=C(NCCc1ccccc1)[C@@H]1C[C@@H](n2cnnn2)CN1C/C=C/c1ccco1. The highest BCUT2D eigenvalue weighted by atomic mass is 16.3. The Morgan fingerprint density at radius 3 is 2.90 bits per heavy atom. The lowest BCUT2D eigenvalue weighted by Crippen LogP contribution is -2.43. The molecule has 8 heteroatoms. The van der Waals surface area contributed by atoms with Gasteiger partial charge in [-0.2, -0.15) is 0 Å². The first-order valence-electron chi connectivity index (χ1n) is 9.78. The van der Waals surface area contributed by atoms with Gasteiger partial charge in [0.25, 0.3) is 0 Å². The second-order valence-electron chi connectivity index (χ2n) is 7.09. The first-order valence-corrected chi connectivity index (χ1v) is 9.78. The highest BCUT2D eigenvalue weighted by Gasteiger charge is 2.37. The lowest BCUT2D eigenvalue weighted by atomic mass is 10.1. The maximum Gasteiger partial charge on any atom is 0.237 e. The van der Waals surface area contributed by atoms with Crippen molar-refractivity contribution in [1.29, 1.82) is 0 Å². The number of likely N-dealkylation sites (tertiary alicyclic amines) is 1. The summed E-state index contributed by atoms with van der Waals surface area (Å²) in [7, 11) is 0. The van der Waals surface area contributed by atoms with Crippen molar-refractivity contribution in [3.63, 3.8) is 0 Å². The molecular weight excluding hydrogens is 368 g/mol. The van der Waals surface area contributed by atoms with E-state index in [0.29, 0.717) is 26.1 Å². The van der Waals surface area contributed by atoms with Crippen LogP contribution < -0.4 is 5.32 Å². The van der Waals surface area contributed by atoms with E-state index >= 15 is 0 Å². The van der Waals surface area contributed by atoms with Gasteiger partial charge in [-0.25, -0.2) is 4.68 Å². The van der Waals surface area contributed by atoms with Gasteiger partial charge in [0, 0.05) is 19.6 Å². The summed E-state index contributed by atoms with van der Waals surface area (Å²) in [5.41, 5.74) is 1.21. The van der Waals surface area contributed by atoms with E-state index in [1.807, 2.05) is 42.5 Å². The maximum absolute atomic E-state index is 12.9. The van der Waals surface area contributed by atoms with Gasteiger partial charge in [0.05, 0.1) is 18.3 Å². The summed E-state index contributed by atoms with van der Waals surface area (Å²) in [5, 5.41) is 14.6. The van der Waals surface area contributed by atoms with Crippen molar-refractivity contribution >= 4 is 12.0 Å². The third-order valence-corrected chi connectivity index (χ3v) is 5.14. The van der Waals surface area contributed by atoms with Gasteiger partial charge >= 0.3 is 0 Å². The number of hydrogen-bond acceptors (Lipinski definition) is 6. The first kappa shape index (κ1) is 19.1. The second kappa shape index (κ2) is 9.29. The molecule has 0 bridgehead atoms. The molecule has 1 fully saturated rings. The van der Waals surface area contributed by atoms with Gasteiger partial charge in [0.2, 0.25) is 5.91 Å². The smallest absolute Gasteiger partial charge is 0.237 e. The van der Waals surface area contributed by atoms with Crippen LogP contribution in [0, 0.1) is 0 Å². The van der Waals surface area contributed by atoms with Crippen molar-refractivity contribution in [3.8, 4) is 0 Å². The molecule has 3 heterocycles. The highest BCUT2D eigenvalue weighted by Crippen LogP contribution is 2.26. The Morgan fingerprint density at radius 2 is 2.14 bits per heavy atom. The van der Waals surface area contributed by atoms with Crippen LogP contribution in [0.25, 0.3) is 6.08 Å². The van der Waals surface area contributed by atoms with E-state index in [9.17, 15) is 4.79 Å². The number of aromatic nitrogens is 4. The summed E-state index contributed by atoms with van der Waals surface area (Å²) >= 11 is 0. The zero-order chi connectivity index (χ0) is 19.9. The lowest BCUT2D eigenvalue weighted by Gasteiger charge is -2.21. The number of benzene rings is 1. The monoisotopic (exact) mass is 392 g/mol. The van der Waals surface area contributed by atoms with Crippen LogP contribution in [0.2, 0.25) is 0 Å². The number of hydrogen-bond donors (Lipinski definition) is 1. The van der Waals surface area contributed by atoms with Crippen LogP contribution in [0.4, 0.5) is 0 Å². The third kappa shape index (κ3) is 4.97. The average molecular weight is 392 g/mol. The van der Waals surface area contributed by atoms with Crippen molar-refractivity contribution in [2.45, 2.75) is 24.9 Å². The van der Waals surface area contributed by atoms with Crippen LogP contribution >= 0.6 is 0 Å². The lowest BCUT2D eigenvalue weighted by molar-refractivity contribution is -0.125. The molecule has 0 unspecified atom stereocenters. The van der Waals surface area contributed by atoms with Crippen LogP contribution in [0.15, 0.2) is 65.5 Å². The second-order valence-corrected chi connectivity index (χ2v) is 7.09. The van der Waals surface area contributed by atoms with E-state index in [1.54, 1.807) is 17.3 Å². The molecule has 29 heavy (non-hydrogen) atoms. The zero-order valence-electron chi connectivity index (χ0n) is 16.1. The molecule has 0 spiro atoms. The molecule has 4 rings (SSSR count). The number of furan rings is 1. The predicted octanol–water partition coefficient (Wildman–Crippen LogP) is 1.95. The number of nitrogens with one attached hydrogen (secondary N) is 1. The summed E-state index contributed by atoms with van der Waals surface area (Å²) in [4.78, 5) is 15.1. The molecule has 150 valence electrons. The van der Waals surface area contributed by atoms with Gasteiger partial charge in [0.15, 0.2) is 0 Å². The molecular formula is C21H24N6O2. The van der Waals surface area contributed by atoms with E-state index in [4.69, 9.17) is 4.42 Å². The van der Waals surface area contributed by atoms with E-state index in [0.717, 1.165) is 12.2 Å². The van der Waals surface area contributed by atoms with Crippen molar-refractivity contribution in [3.05, 3.63) is 72.5 Å². The van der Waals surface area contributed by atoms with Crippen molar-refractivity contribution in [2.24, 2.45) is 0 Å². The number of carbonyl (C=O) groups is 1. The molecule has 1 aromatic carbocycles. The fraction of sp³-hybridized carbons (Fsp3) is 0.333. The molecule has 1 saturated heterocycles. The van der Waals surface area contributed by atoms with Gasteiger partial charge < -0.3 is 9.73 Å². The van der Waals surface area contributed by atoms with Gasteiger partial charge in [-0.05, 0) is 47.0 Å². The molecule has 0 radical (unpaired) electrons. The van der Waals surface area contributed by atoms with Crippen LogP contribution in [0.3, 0.4) is 0 Å². The number of carbonyl (C=O) groups excluding carboxylic acids is 1. The molecule has 2 aromatic heterocycles. The molecule has 1 amide bonds. The number of tetrazole rings is 1. The van der Waals surface area contributed by atoms with E-state index in [1.165, 1.54) is 5.56 Å². The van der Waals surface area contributed by atoms with E-state index < -0.39 is 0 Å². The molecule has 1 aliphatic heterocycles. The number of amides is 1. The third-order valence-electron chi connectivity index (χ3n) is 5.14. The molecule has 0 saturated carbocycles. The Hall–Kier alpha value is -3.26. The summed E-state index contributed by atoms with van der Waals surface area (Å²) in [6.07, 6.45) is 8.69. The minimum absolute atomic E-state index is 0.0444. The Balaban J connectivity index is 1.37. The largest absolute Gasteiger partial charge is 0.465 e. The molecule has 1 N–H and O–H groups in total. The minimum Gasteiger partial charge on any atom is -0.465 e. The summed E-state index contributed by atoms with van der Waals surface area (Å²) in [5.74, 6) is 0.841. The molecule has 2 atom stereocenters. The van der Waals surface area contributed by atoms with Crippen LogP contribution in [0.1, 0.15) is 23.8 Å². The van der Waals surface area contributed by atoms with E-state index in [-0.39, 0.29) is 18.0 Å². The standard InChI is InChI=1S/C21H24N6O2/c28-21(22-11-10-17-6-2-1-3-7-17)20-14-18(27-16-23-24-25-27)15-26(20)12-4-8-19-9-5-13-29-19/h1-9,13,16,18,20H,10-12,14-15H2,(H,22,28)/b8-4+/t18-,20+/m1/s1. The van der Waals surface area contributed by atoms with Crippen LogP contribution in [-0.4, -0.2) is 56.7 Å². The van der Waals surface area contributed by atoms with E-state index in [2.05, 4.69) is 37.9 Å². The molecule has 8 nitrogen and oxygen atoms in total. The summed E-state index contributed by atoms with van der Waals surface area (Å²) in [6.45, 7) is 1.98. The average Bonchev–Trinajstić information content (AvgIpc) is 3.50. The molecule has 3 aromatic rings. The van der Waals surface area contributed by atoms with Gasteiger partial charge in [-0.1, -0.05) is 36.4 Å². The Morgan fingerprint density at radius 1 is 1.24 bits per heavy atom. The quantitative estimate of drug-likeness (QED) is 0.630. The van der Waals surface area contributed by atoms with Gasteiger partial charge in [-0.3, -0.25) is 9.69 Å². The number of nitrogens with zero attached hydrogens (tertiary/aromatic N) is 5. The normalized spacial score (nSPS) is 19.7. The van der Waals surface area contributed by atoms with Crippen LogP contribution in [0.5, 0.6) is 0 Å². The fourth-order valence-electron chi connectivity index (χ4n) is 3.66. The predicted molar refractivity (Wildman–Crippen MR) is 108 cm³/mol. The van der Waals surface area contributed by atoms with Crippen molar-refractivity contribution in [2.75, 3.05) is 19.6 Å². The molecule has 1 aliphatic rings. The van der Waals surface area contributed by atoms with Gasteiger partial charge in [-0.15, -0.1) is 5.10 Å². The Bertz CT molecular complexity index is 908. The summed E-state index contributed by atoms with van der Waals surface area (Å²) in [6, 6.07) is 13.8. The van der Waals surface area contributed by atoms with Crippen molar-refractivity contribution < 1.29 is 9.21 Å². The fourth-order valence-corrected chi connectivity index (χ4v) is 3.66. The van der Waals surface area contributed by atoms with Crippen molar-refractivity contribution in [1.82, 2.24) is 30.4 Å². The topological polar surface area (TPSA) is 89.1 Å². The highest BCUT2D eigenvalue weighted by molar-refractivity contribution is 5.82. The Labute approximate surface area is 169 Å².